The minimum atomic E-state index is -1.17. The van der Waals surface area contributed by atoms with Crippen LogP contribution in [0.2, 0.25) is 0 Å². The summed E-state index contributed by atoms with van der Waals surface area (Å²) in [4.78, 5) is 12.2. The number of ether oxygens (including phenoxy) is 2. The SMILES string of the molecule is O=C(/C=C/c1ccc(O)cc1)O[C@@H]1C[C@@H](OCc2ccc3ccccc3c2)C[C@H](O)[C@H]1O. The summed E-state index contributed by atoms with van der Waals surface area (Å²) in [7, 11) is 0. The first kappa shape index (κ1) is 22.0. The van der Waals surface area contributed by atoms with Crippen LogP contribution in [0.3, 0.4) is 0 Å². The number of rotatable bonds is 6. The summed E-state index contributed by atoms with van der Waals surface area (Å²) in [6, 6.07) is 20.5. The van der Waals surface area contributed by atoms with E-state index in [-0.39, 0.29) is 18.3 Å². The van der Waals surface area contributed by atoms with Gasteiger partial charge in [0.2, 0.25) is 0 Å². The van der Waals surface area contributed by atoms with Gasteiger partial charge in [-0.2, -0.15) is 0 Å². The summed E-state index contributed by atoms with van der Waals surface area (Å²) >= 11 is 0. The van der Waals surface area contributed by atoms with Crippen LogP contribution in [0.15, 0.2) is 72.8 Å². The van der Waals surface area contributed by atoms with Crippen LogP contribution in [-0.4, -0.2) is 45.7 Å². The molecule has 166 valence electrons. The zero-order valence-electron chi connectivity index (χ0n) is 17.5. The minimum Gasteiger partial charge on any atom is -0.508 e. The molecular formula is C26H26O6. The van der Waals surface area contributed by atoms with E-state index in [1.54, 1.807) is 18.2 Å². The van der Waals surface area contributed by atoms with Crippen molar-refractivity contribution in [2.45, 2.75) is 43.9 Å². The molecule has 4 rings (SSSR count). The smallest absolute Gasteiger partial charge is 0.331 e. The van der Waals surface area contributed by atoms with Crippen molar-refractivity contribution >= 4 is 22.8 Å². The second-order valence-corrected chi connectivity index (χ2v) is 8.04. The van der Waals surface area contributed by atoms with Gasteiger partial charge in [-0.25, -0.2) is 4.79 Å². The summed E-state index contributed by atoms with van der Waals surface area (Å²) in [5.41, 5.74) is 1.73. The minimum absolute atomic E-state index is 0.138. The molecule has 1 saturated carbocycles. The largest absolute Gasteiger partial charge is 0.508 e. The molecule has 0 bridgehead atoms. The fraction of sp³-hybridized carbons (Fsp3) is 0.269. The first-order valence-electron chi connectivity index (χ1n) is 10.6. The molecule has 1 fully saturated rings. The van der Waals surface area contributed by atoms with E-state index in [0.717, 1.165) is 21.9 Å². The zero-order valence-corrected chi connectivity index (χ0v) is 17.5. The molecule has 0 heterocycles. The molecule has 6 heteroatoms. The molecular weight excluding hydrogens is 408 g/mol. The van der Waals surface area contributed by atoms with Gasteiger partial charge in [-0.15, -0.1) is 0 Å². The molecule has 0 amide bonds. The highest BCUT2D eigenvalue weighted by Crippen LogP contribution is 2.26. The van der Waals surface area contributed by atoms with Gasteiger partial charge < -0.3 is 24.8 Å². The summed E-state index contributed by atoms with van der Waals surface area (Å²) in [5.74, 6) is -0.483. The molecule has 0 aromatic heterocycles. The molecule has 0 saturated heterocycles. The van der Waals surface area contributed by atoms with Gasteiger partial charge in [-0.05, 0) is 46.2 Å². The lowest BCUT2D eigenvalue weighted by Gasteiger charge is -2.36. The third kappa shape index (κ3) is 5.53. The van der Waals surface area contributed by atoms with E-state index in [9.17, 15) is 20.1 Å². The first-order valence-corrected chi connectivity index (χ1v) is 10.6. The Labute approximate surface area is 186 Å². The van der Waals surface area contributed by atoms with E-state index in [2.05, 4.69) is 6.07 Å². The number of hydrogen-bond donors (Lipinski definition) is 3. The Balaban J connectivity index is 1.34. The molecule has 1 aliphatic rings. The number of esters is 1. The monoisotopic (exact) mass is 434 g/mol. The molecule has 0 radical (unpaired) electrons. The van der Waals surface area contributed by atoms with Crippen LogP contribution < -0.4 is 0 Å². The van der Waals surface area contributed by atoms with E-state index in [4.69, 9.17) is 9.47 Å². The Morgan fingerprint density at radius 1 is 0.969 bits per heavy atom. The van der Waals surface area contributed by atoms with Crippen molar-refractivity contribution in [2.24, 2.45) is 0 Å². The van der Waals surface area contributed by atoms with Gasteiger partial charge >= 0.3 is 5.97 Å². The number of aliphatic hydroxyl groups is 2. The molecule has 0 unspecified atom stereocenters. The average molecular weight is 434 g/mol. The highest BCUT2D eigenvalue weighted by atomic mass is 16.6. The first-order chi connectivity index (χ1) is 15.5. The van der Waals surface area contributed by atoms with Crippen LogP contribution in [0, 0.1) is 0 Å². The Bertz CT molecular complexity index is 1090. The highest BCUT2D eigenvalue weighted by molar-refractivity contribution is 5.87. The molecule has 3 N–H and O–H groups in total. The predicted octanol–water partition coefficient (Wildman–Crippen LogP) is 3.57. The molecule has 3 aromatic carbocycles. The maximum atomic E-state index is 12.2. The average Bonchev–Trinajstić information content (AvgIpc) is 2.80. The Kier molecular flexibility index (Phi) is 6.85. The second-order valence-electron chi connectivity index (χ2n) is 8.04. The van der Waals surface area contributed by atoms with Gasteiger partial charge in [0, 0.05) is 18.9 Å². The number of benzene rings is 3. The van der Waals surface area contributed by atoms with Crippen molar-refractivity contribution in [3.63, 3.8) is 0 Å². The number of hydrogen-bond acceptors (Lipinski definition) is 6. The van der Waals surface area contributed by atoms with Crippen LogP contribution >= 0.6 is 0 Å². The Morgan fingerprint density at radius 3 is 2.50 bits per heavy atom. The van der Waals surface area contributed by atoms with Crippen molar-refractivity contribution in [3.05, 3.63) is 83.9 Å². The van der Waals surface area contributed by atoms with Crippen molar-refractivity contribution in [1.82, 2.24) is 0 Å². The quantitative estimate of drug-likeness (QED) is 0.406. The maximum Gasteiger partial charge on any atom is 0.331 e. The van der Waals surface area contributed by atoms with E-state index in [0.29, 0.717) is 13.0 Å². The van der Waals surface area contributed by atoms with Gasteiger partial charge in [0.15, 0.2) is 0 Å². The van der Waals surface area contributed by atoms with E-state index >= 15 is 0 Å². The summed E-state index contributed by atoms with van der Waals surface area (Å²) in [6.07, 6.45) is -0.0371. The van der Waals surface area contributed by atoms with Crippen molar-refractivity contribution in [1.29, 1.82) is 0 Å². The van der Waals surface area contributed by atoms with Crippen LogP contribution in [0.4, 0.5) is 0 Å². The fourth-order valence-electron chi connectivity index (χ4n) is 3.89. The standard InChI is InChI=1S/C26H26O6/c27-21-10-6-17(7-11-21)8-12-25(29)32-24-15-22(14-23(28)26(24)30)31-16-18-5-9-19-3-1-2-4-20(19)13-18/h1-13,22-24,26-28,30H,14-16H2/b12-8+/t22-,23-,24+,26+/m0/s1. The van der Waals surface area contributed by atoms with Crippen LogP contribution in [0.5, 0.6) is 5.75 Å². The molecule has 4 atom stereocenters. The highest BCUT2D eigenvalue weighted by Gasteiger charge is 2.38. The lowest BCUT2D eigenvalue weighted by atomic mass is 9.89. The molecule has 32 heavy (non-hydrogen) atoms. The Morgan fingerprint density at radius 2 is 1.72 bits per heavy atom. The maximum absolute atomic E-state index is 12.2. The third-order valence-corrected chi connectivity index (χ3v) is 5.65. The summed E-state index contributed by atoms with van der Waals surface area (Å²) in [6.45, 7) is 0.361. The number of aromatic hydroxyl groups is 1. The van der Waals surface area contributed by atoms with Gasteiger partial charge in [-0.1, -0.05) is 48.5 Å². The van der Waals surface area contributed by atoms with E-state index in [1.807, 2.05) is 36.4 Å². The van der Waals surface area contributed by atoms with Gasteiger partial charge in [0.05, 0.1) is 18.8 Å². The topological polar surface area (TPSA) is 96.2 Å². The van der Waals surface area contributed by atoms with Crippen LogP contribution in [0.25, 0.3) is 16.8 Å². The number of fused-ring (bicyclic) bond motifs is 1. The number of phenolic OH excluding ortho intramolecular Hbond substituents is 1. The van der Waals surface area contributed by atoms with E-state index < -0.39 is 24.3 Å². The Hall–Kier alpha value is -3.19. The number of aliphatic hydroxyl groups excluding tert-OH is 2. The number of carbonyl (C=O) groups is 1. The lowest BCUT2D eigenvalue weighted by Crippen LogP contribution is -2.48. The summed E-state index contributed by atoms with van der Waals surface area (Å²) < 4.78 is 11.4. The van der Waals surface area contributed by atoms with Crippen LogP contribution in [-0.2, 0) is 20.9 Å². The lowest BCUT2D eigenvalue weighted by molar-refractivity contribution is -0.171. The zero-order chi connectivity index (χ0) is 22.5. The molecule has 1 aliphatic carbocycles. The number of phenols is 1. The van der Waals surface area contributed by atoms with Crippen molar-refractivity contribution in [2.75, 3.05) is 0 Å². The van der Waals surface area contributed by atoms with Gasteiger partial charge in [0.1, 0.15) is 18.0 Å². The normalized spacial score (nSPS) is 23.4. The fourth-order valence-corrected chi connectivity index (χ4v) is 3.89. The summed E-state index contributed by atoms with van der Waals surface area (Å²) in [5, 5.41) is 32.1. The molecule has 6 nitrogen and oxygen atoms in total. The molecule has 0 spiro atoms. The second kappa shape index (κ2) is 9.96. The van der Waals surface area contributed by atoms with Crippen molar-refractivity contribution < 1.29 is 29.6 Å². The predicted molar refractivity (Wildman–Crippen MR) is 121 cm³/mol. The van der Waals surface area contributed by atoms with E-state index in [1.165, 1.54) is 18.2 Å². The molecule has 0 aliphatic heterocycles. The van der Waals surface area contributed by atoms with Gasteiger partial charge in [-0.3, -0.25) is 0 Å². The van der Waals surface area contributed by atoms with Gasteiger partial charge in [0.25, 0.3) is 0 Å². The van der Waals surface area contributed by atoms with Crippen molar-refractivity contribution in [3.8, 4) is 5.75 Å². The molecule has 3 aromatic rings. The third-order valence-electron chi connectivity index (χ3n) is 5.65. The number of carbonyl (C=O) groups excluding carboxylic acids is 1. The van der Waals surface area contributed by atoms with Crippen LogP contribution in [0.1, 0.15) is 24.0 Å².